The summed E-state index contributed by atoms with van der Waals surface area (Å²) >= 11 is 7.71. The molecule has 6 heteroatoms. The van der Waals surface area contributed by atoms with Crippen molar-refractivity contribution in [3.05, 3.63) is 45.1 Å². The zero-order valence-electron chi connectivity index (χ0n) is 10.6. The molecule has 1 unspecified atom stereocenters. The van der Waals surface area contributed by atoms with Crippen LogP contribution in [-0.2, 0) is 0 Å². The highest BCUT2D eigenvalue weighted by Crippen LogP contribution is 2.37. The molecule has 0 amide bonds. The highest BCUT2D eigenvalue weighted by molar-refractivity contribution is 7.10. The van der Waals surface area contributed by atoms with E-state index in [4.69, 9.17) is 26.9 Å². The molecule has 19 heavy (non-hydrogen) atoms. The van der Waals surface area contributed by atoms with Gasteiger partial charge in [-0.1, -0.05) is 11.6 Å². The SMILES string of the molecule is COc1ccc(C(NN)c2sccc2Cl)c(OC)c1. The number of methoxy groups -OCH3 is 2. The Kier molecular flexibility index (Phi) is 4.66. The van der Waals surface area contributed by atoms with Gasteiger partial charge in [0.05, 0.1) is 25.3 Å². The van der Waals surface area contributed by atoms with Crippen molar-refractivity contribution in [2.24, 2.45) is 5.84 Å². The van der Waals surface area contributed by atoms with Gasteiger partial charge in [0.2, 0.25) is 0 Å². The molecule has 0 aliphatic heterocycles. The van der Waals surface area contributed by atoms with Crippen molar-refractivity contribution in [1.29, 1.82) is 0 Å². The van der Waals surface area contributed by atoms with Crippen LogP contribution in [0, 0.1) is 0 Å². The van der Waals surface area contributed by atoms with Crippen LogP contribution in [0.4, 0.5) is 0 Å². The fourth-order valence-electron chi connectivity index (χ4n) is 1.88. The fourth-order valence-corrected chi connectivity index (χ4v) is 3.12. The van der Waals surface area contributed by atoms with Gasteiger partial charge in [-0.25, -0.2) is 5.43 Å². The maximum atomic E-state index is 6.17. The minimum atomic E-state index is -0.214. The molecule has 2 rings (SSSR count). The summed E-state index contributed by atoms with van der Waals surface area (Å²) in [6, 6.07) is 7.23. The van der Waals surface area contributed by atoms with Gasteiger partial charge in [0, 0.05) is 16.5 Å². The number of halogens is 1. The first kappa shape index (κ1) is 14.1. The van der Waals surface area contributed by atoms with Crippen molar-refractivity contribution in [2.45, 2.75) is 6.04 Å². The van der Waals surface area contributed by atoms with E-state index in [0.29, 0.717) is 10.8 Å². The summed E-state index contributed by atoms with van der Waals surface area (Å²) in [7, 11) is 3.23. The van der Waals surface area contributed by atoms with E-state index in [0.717, 1.165) is 16.2 Å². The van der Waals surface area contributed by atoms with E-state index < -0.39 is 0 Å². The largest absolute Gasteiger partial charge is 0.497 e. The van der Waals surface area contributed by atoms with Crippen LogP contribution in [0.5, 0.6) is 11.5 Å². The summed E-state index contributed by atoms with van der Waals surface area (Å²) in [4.78, 5) is 0.952. The maximum absolute atomic E-state index is 6.17. The first-order valence-corrected chi connectivity index (χ1v) is 6.88. The third kappa shape index (κ3) is 2.84. The van der Waals surface area contributed by atoms with E-state index >= 15 is 0 Å². The fraction of sp³-hybridized carbons (Fsp3) is 0.231. The average molecular weight is 299 g/mol. The minimum absolute atomic E-state index is 0.214. The van der Waals surface area contributed by atoms with Crippen LogP contribution in [-0.4, -0.2) is 14.2 Å². The zero-order valence-corrected chi connectivity index (χ0v) is 12.2. The van der Waals surface area contributed by atoms with Crippen LogP contribution in [0.2, 0.25) is 5.02 Å². The van der Waals surface area contributed by atoms with Crippen molar-refractivity contribution in [2.75, 3.05) is 14.2 Å². The number of hydrogen-bond donors (Lipinski definition) is 2. The highest BCUT2D eigenvalue weighted by Gasteiger charge is 2.21. The standard InChI is InChI=1S/C13H15ClN2O2S/c1-17-8-3-4-9(11(7-8)18-2)12(16-15)13-10(14)5-6-19-13/h3-7,12,16H,15H2,1-2H3. The topological polar surface area (TPSA) is 56.5 Å². The molecule has 102 valence electrons. The molecule has 0 spiro atoms. The zero-order chi connectivity index (χ0) is 13.8. The van der Waals surface area contributed by atoms with Crippen molar-refractivity contribution < 1.29 is 9.47 Å². The van der Waals surface area contributed by atoms with Gasteiger partial charge in [-0.3, -0.25) is 5.84 Å². The third-order valence-electron chi connectivity index (χ3n) is 2.83. The lowest BCUT2D eigenvalue weighted by Crippen LogP contribution is -2.28. The Hall–Kier alpha value is -1.27. The minimum Gasteiger partial charge on any atom is -0.497 e. The maximum Gasteiger partial charge on any atom is 0.127 e. The first-order chi connectivity index (χ1) is 9.21. The van der Waals surface area contributed by atoms with Gasteiger partial charge in [-0.2, -0.15) is 0 Å². The number of hydrogen-bond acceptors (Lipinski definition) is 5. The van der Waals surface area contributed by atoms with Gasteiger partial charge in [-0.05, 0) is 23.6 Å². The van der Waals surface area contributed by atoms with Crippen molar-refractivity contribution in [3.8, 4) is 11.5 Å². The lowest BCUT2D eigenvalue weighted by molar-refractivity contribution is 0.388. The average Bonchev–Trinajstić information content (AvgIpc) is 2.86. The second-order valence-electron chi connectivity index (χ2n) is 3.84. The first-order valence-electron chi connectivity index (χ1n) is 5.62. The summed E-state index contributed by atoms with van der Waals surface area (Å²) in [6.45, 7) is 0. The molecule has 0 fully saturated rings. The van der Waals surface area contributed by atoms with Crippen molar-refractivity contribution >= 4 is 22.9 Å². The van der Waals surface area contributed by atoms with Crippen LogP contribution >= 0.6 is 22.9 Å². The molecule has 4 nitrogen and oxygen atoms in total. The Morgan fingerprint density at radius 1 is 1.26 bits per heavy atom. The van der Waals surface area contributed by atoms with Gasteiger partial charge in [0.1, 0.15) is 11.5 Å². The Balaban J connectivity index is 2.46. The van der Waals surface area contributed by atoms with Crippen LogP contribution in [0.25, 0.3) is 0 Å². The molecular formula is C13H15ClN2O2S. The number of thiophene rings is 1. The number of benzene rings is 1. The monoisotopic (exact) mass is 298 g/mol. The summed E-state index contributed by atoms with van der Waals surface area (Å²) in [5.74, 6) is 7.10. The lowest BCUT2D eigenvalue weighted by atomic mass is 10.0. The quantitative estimate of drug-likeness (QED) is 0.658. The molecule has 1 aromatic heterocycles. The van der Waals surface area contributed by atoms with E-state index in [-0.39, 0.29) is 6.04 Å². The number of ether oxygens (including phenoxy) is 2. The highest BCUT2D eigenvalue weighted by atomic mass is 35.5. The van der Waals surface area contributed by atoms with E-state index in [1.807, 2.05) is 29.6 Å². The molecule has 0 aliphatic rings. The predicted molar refractivity (Wildman–Crippen MR) is 78.0 cm³/mol. The number of nitrogens with two attached hydrogens (primary N) is 1. The molecule has 1 atom stereocenters. The number of rotatable bonds is 5. The Morgan fingerprint density at radius 2 is 2.05 bits per heavy atom. The van der Waals surface area contributed by atoms with Gasteiger partial charge in [0.15, 0.2) is 0 Å². The molecule has 3 N–H and O–H groups in total. The van der Waals surface area contributed by atoms with Crippen LogP contribution in [0.1, 0.15) is 16.5 Å². The summed E-state index contributed by atoms with van der Waals surface area (Å²) in [6.07, 6.45) is 0. The number of nitrogens with one attached hydrogen (secondary N) is 1. The predicted octanol–water partition coefficient (Wildman–Crippen LogP) is 2.97. The van der Waals surface area contributed by atoms with E-state index in [1.165, 1.54) is 0 Å². The Labute approximate surface area is 121 Å². The van der Waals surface area contributed by atoms with Crippen LogP contribution < -0.4 is 20.7 Å². The third-order valence-corrected chi connectivity index (χ3v) is 4.25. The summed E-state index contributed by atoms with van der Waals surface area (Å²) in [5, 5.41) is 2.61. The number of hydrazine groups is 1. The Morgan fingerprint density at radius 3 is 2.58 bits per heavy atom. The van der Waals surface area contributed by atoms with Crippen molar-refractivity contribution in [1.82, 2.24) is 5.43 Å². The van der Waals surface area contributed by atoms with Gasteiger partial charge < -0.3 is 9.47 Å². The molecule has 1 heterocycles. The second kappa shape index (κ2) is 6.25. The Bertz CT molecular complexity index is 559. The van der Waals surface area contributed by atoms with Crippen molar-refractivity contribution in [3.63, 3.8) is 0 Å². The van der Waals surface area contributed by atoms with Crippen LogP contribution in [0.15, 0.2) is 29.6 Å². The summed E-state index contributed by atoms with van der Waals surface area (Å²) < 4.78 is 10.6. The molecule has 0 saturated carbocycles. The van der Waals surface area contributed by atoms with Gasteiger partial charge in [0.25, 0.3) is 0 Å². The normalized spacial score (nSPS) is 12.2. The van der Waals surface area contributed by atoms with Crippen LogP contribution in [0.3, 0.4) is 0 Å². The lowest BCUT2D eigenvalue weighted by Gasteiger charge is -2.19. The summed E-state index contributed by atoms with van der Waals surface area (Å²) in [5.41, 5.74) is 3.69. The molecule has 0 saturated heterocycles. The molecule has 0 bridgehead atoms. The van der Waals surface area contributed by atoms with E-state index in [2.05, 4.69) is 5.43 Å². The smallest absolute Gasteiger partial charge is 0.127 e. The van der Waals surface area contributed by atoms with Gasteiger partial charge >= 0.3 is 0 Å². The van der Waals surface area contributed by atoms with E-state index in [1.54, 1.807) is 25.6 Å². The molecule has 0 aliphatic carbocycles. The second-order valence-corrected chi connectivity index (χ2v) is 5.20. The molecule has 1 aromatic carbocycles. The van der Waals surface area contributed by atoms with E-state index in [9.17, 15) is 0 Å². The molecule has 2 aromatic rings. The van der Waals surface area contributed by atoms with Gasteiger partial charge in [-0.15, -0.1) is 11.3 Å². The molecule has 0 radical (unpaired) electrons. The molecular weight excluding hydrogens is 284 g/mol.